The van der Waals surface area contributed by atoms with Crippen molar-refractivity contribution in [2.75, 3.05) is 6.61 Å². The quantitative estimate of drug-likeness (QED) is 0.775. The Hall–Kier alpha value is -0.0800. The van der Waals surface area contributed by atoms with E-state index in [0.717, 1.165) is 18.6 Å². The largest absolute Gasteiger partial charge is 0.378 e. The Morgan fingerprint density at radius 1 is 1.13 bits per heavy atom. The molecular weight excluding hydrogens is 186 g/mol. The first kappa shape index (κ1) is 11.4. The molecule has 2 rings (SSSR count). The molecule has 0 amide bonds. The second-order valence-electron chi connectivity index (χ2n) is 5.35. The Bertz CT molecular complexity index is 195. The lowest BCUT2D eigenvalue weighted by Gasteiger charge is -2.30. The second kappa shape index (κ2) is 5.31. The van der Waals surface area contributed by atoms with Gasteiger partial charge in [0, 0.05) is 18.7 Å². The van der Waals surface area contributed by atoms with Crippen molar-refractivity contribution < 1.29 is 4.74 Å². The van der Waals surface area contributed by atoms with Gasteiger partial charge in [-0.3, -0.25) is 0 Å². The normalized spacial score (nSPS) is 42.0. The molecule has 88 valence electrons. The minimum absolute atomic E-state index is 0.458. The molecule has 0 radical (unpaired) electrons. The highest BCUT2D eigenvalue weighted by Gasteiger charge is 2.27. The zero-order chi connectivity index (χ0) is 10.7. The summed E-state index contributed by atoms with van der Waals surface area (Å²) in [6.07, 6.45) is 8.46. The van der Waals surface area contributed by atoms with Crippen LogP contribution in [0.5, 0.6) is 0 Å². The van der Waals surface area contributed by atoms with Gasteiger partial charge in [0.05, 0.1) is 6.10 Å². The smallest absolute Gasteiger partial charge is 0.0561 e. The Kier molecular flexibility index (Phi) is 4.04. The molecule has 0 aromatic carbocycles. The van der Waals surface area contributed by atoms with Crippen LogP contribution < -0.4 is 5.32 Å². The van der Waals surface area contributed by atoms with Crippen molar-refractivity contribution in [3.63, 3.8) is 0 Å². The Morgan fingerprint density at radius 3 is 2.60 bits per heavy atom. The number of ether oxygens (including phenoxy) is 1. The molecule has 15 heavy (non-hydrogen) atoms. The minimum Gasteiger partial charge on any atom is -0.378 e. The van der Waals surface area contributed by atoms with E-state index in [-0.39, 0.29) is 0 Å². The molecule has 2 nitrogen and oxygen atoms in total. The van der Waals surface area contributed by atoms with E-state index in [1.165, 1.54) is 38.5 Å². The maximum absolute atomic E-state index is 5.57. The summed E-state index contributed by atoms with van der Waals surface area (Å²) in [6, 6.07) is 1.51. The van der Waals surface area contributed by atoms with Gasteiger partial charge in [-0.05, 0) is 44.9 Å². The van der Waals surface area contributed by atoms with Crippen LogP contribution >= 0.6 is 0 Å². The third kappa shape index (κ3) is 3.18. The van der Waals surface area contributed by atoms with E-state index in [2.05, 4.69) is 19.2 Å². The van der Waals surface area contributed by atoms with Crippen molar-refractivity contribution in [3.05, 3.63) is 0 Å². The van der Waals surface area contributed by atoms with E-state index in [4.69, 9.17) is 4.74 Å². The van der Waals surface area contributed by atoms with Crippen molar-refractivity contribution in [1.82, 2.24) is 5.32 Å². The molecule has 1 saturated heterocycles. The van der Waals surface area contributed by atoms with E-state index in [1.54, 1.807) is 0 Å². The van der Waals surface area contributed by atoms with Crippen LogP contribution in [-0.2, 0) is 4.74 Å². The molecule has 1 aliphatic carbocycles. The van der Waals surface area contributed by atoms with Gasteiger partial charge in [0.15, 0.2) is 0 Å². The fraction of sp³-hybridized carbons (Fsp3) is 1.00. The lowest BCUT2D eigenvalue weighted by Crippen LogP contribution is -2.42. The average Bonchev–Trinajstić information content (AvgIpc) is 2.65. The van der Waals surface area contributed by atoms with Gasteiger partial charge in [0.1, 0.15) is 0 Å². The first-order valence-corrected chi connectivity index (χ1v) is 6.65. The highest BCUT2D eigenvalue weighted by molar-refractivity contribution is 4.84. The van der Waals surface area contributed by atoms with Crippen LogP contribution in [0.15, 0.2) is 0 Å². The number of hydrogen-bond donors (Lipinski definition) is 1. The molecule has 1 heterocycles. The fourth-order valence-corrected chi connectivity index (χ4v) is 3.08. The summed E-state index contributed by atoms with van der Waals surface area (Å²) in [5.41, 5.74) is 0. The molecule has 0 aromatic heterocycles. The predicted molar refractivity (Wildman–Crippen MR) is 63.0 cm³/mol. The highest BCUT2D eigenvalue weighted by atomic mass is 16.5. The summed E-state index contributed by atoms with van der Waals surface area (Å²) in [7, 11) is 0. The molecule has 1 saturated carbocycles. The molecular formula is C13H25NO. The average molecular weight is 211 g/mol. The SMILES string of the molecule is CCC1CCC(NC2CCOC(C)C2)C1. The van der Waals surface area contributed by atoms with Crippen LogP contribution in [-0.4, -0.2) is 24.8 Å². The van der Waals surface area contributed by atoms with Crippen molar-refractivity contribution in [1.29, 1.82) is 0 Å². The zero-order valence-corrected chi connectivity index (χ0v) is 10.2. The molecule has 2 aliphatic rings. The summed E-state index contributed by atoms with van der Waals surface area (Å²) in [6.45, 7) is 5.46. The molecule has 2 heteroatoms. The van der Waals surface area contributed by atoms with Crippen molar-refractivity contribution >= 4 is 0 Å². The van der Waals surface area contributed by atoms with Gasteiger partial charge in [-0.2, -0.15) is 0 Å². The Labute approximate surface area is 93.8 Å². The third-order valence-electron chi connectivity index (χ3n) is 4.08. The van der Waals surface area contributed by atoms with E-state index in [9.17, 15) is 0 Å². The highest BCUT2D eigenvalue weighted by Crippen LogP contribution is 2.29. The molecule has 4 unspecified atom stereocenters. The van der Waals surface area contributed by atoms with Crippen LogP contribution in [0.3, 0.4) is 0 Å². The lowest BCUT2D eigenvalue weighted by atomic mass is 10.0. The Balaban J connectivity index is 1.72. The fourth-order valence-electron chi connectivity index (χ4n) is 3.08. The molecule has 1 aliphatic heterocycles. The number of rotatable bonds is 3. The predicted octanol–water partition coefficient (Wildman–Crippen LogP) is 2.72. The van der Waals surface area contributed by atoms with Crippen molar-refractivity contribution in [2.45, 2.75) is 70.6 Å². The van der Waals surface area contributed by atoms with Crippen LogP contribution in [0.1, 0.15) is 52.4 Å². The zero-order valence-electron chi connectivity index (χ0n) is 10.2. The molecule has 2 fully saturated rings. The number of hydrogen-bond acceptors (Lipinski definition) is 2. The molecule has 4 atom stereocenters. The van der Waals surface area contributed by atoms with Crippen LogP contribution in [0.4, 0.5) is 0 Å². The van der Waals surface area contributed by atoms with Gasteiger partial charge in [-0.25, -0.2) is 0 Å². The maximum Gasteiger partial charge on any atom is 0.0561 e. The topological polar surface area (TPSA) is 21.3 Å². The van der Waals surface area contributed by atoms with Crippen molar-refractivity contribution in [2.24, 2.45) is 5.92 Å². The van der Waals surface area contributed by atoms with Gasteiger partial charge in [0.2, 0.25) is 0 Å². The summed E-state index contributed by atoms with van der Waals surface area (Å²) >= 11 is 0. The molecule has 0 bridgehead atoms. The monoisotopic (exact) mass is 211 g/mol. The van der Waals surface area contributed by atoms with E-state index >= 15 is 0 Å². The first-order valence-electron chi connectivity index (χ1n) is 6.65. The van der Waals surface area contributed by atoms with E-state index in [1.807, 2.05) is 0 Å². The Morgan fingerprint density at radius 2 is 1.93 bits per heavy atom. The standard InChI is InChI=1S/C13H25NO/c1-3-11-4-5-12(9-11)14-13-6-7-15-10(2)8-13/h10-14H,3-9H2,1-2H3. The lowest BCUT2D eigenvalue weighted by molar-refractivity contribution is 0.0113. The van der Waals surface area contributed by atoms with Gasteiger partial charge in [0.25, 0.3) is 0 Å². The van der Waals surface area contributed by atoms with Gasteiger partial charge in [-0.15, -0.1) is 0 Å². The third-order valence-corrected chi connectivity index (χ3v) is 4.08. The van der Waals surface area contributed by atoms with Crippen LogP contribution in [0.25, 0.3) is 0 Å². The van der Waals surface area contributed by atoms with E-state index in [0.29, 0.717) is 12.1 Å². The van der Waals surface area contributed by atoms with Gasteiger partial charge in [-0.1, -0.05) is 13.3 Å². The van der Waals surface area contributed by atoms with Crippen LogP contribution in [0.2, 0.25) is 0 Å². The van der Waals surface area contributed by atoms with Gasteiger partial charge >= 0.3 is 0 Å². The number of nitrogens with one attached hydrogen (secondary N) is 1. The maximum atomic E-state index is 5.57. The van der Waals surface area contributed by atoms with Gasteiger partial charge < -0.3 is 10.1 Å². The van der Waals surface area contributed by atoms with E-state index < -0.39 is 0 Å². The molecule has 1 N–H and O–H groups in total. The molecule has 0 spiro atoms. The summed E-state index contributed by atoms with van der Waals surface area (Å²) in [4.78, 5) is 0. The second-order valence-corrected chi connectivity index (χ2v) is 5.35. The van der Waals surface area contributed by atoms with Crippen LogP contribution in [0, 0.1) is 5.92 Å². The summed E-state index contributed by atoms with van der Waals surface area (Å²) < 4.78 is 5.57. The minimum atomic E-state index is 0.458. The van der Waals surface area contributed by atoms with Crippen molar-refractivity contribution in [3.8, 4) is 0 Å². The first-order chi connectivity index (χ1) is 7.28. The summed E-state index contributed by atoms with van der Waals surface area (Å²) in [5.74, 6) is 0.986. The molecule has 0 aromatic rings. The summed E-state index contributed by atoms with van der Waals surface area (Å²) in [5, 5.41) is 3.83.